The Bertz CT molecular complexity index is 1450. The Labute approximate surface area is 248 Å². The third-order valence-corrected chi connectivity index (χ3v) is 8.93. The Kier molecular flexibility index (Phi) is 10.5. The molecule has 3 rings (SSSR count). The van der Waals surface area contributed by atoms with Crippen LogP contribution in [0.25, 0.3) is 0 Å². The lowest BCUT2D eigenvalue weighted by molar-refractivity contribution is -0.139. The fourth-order valence-electron chi connectivity index (χ4n) is 3.74. The summed E-state index contributed by atoms with van der Waals surface area (Å²) in [6, 6.07) is 15.8. The molecule has 0 saturated carbocycles. The van der Waals surface area contributed by atoms with Gasteiger partial charge in [-0.25, -0.2) is 8.42 Å². The number of hydrogen-bond acceptors (Lipinski definition) is 4. The molecule has 1 N–H and O–H groups in total. The third kappa shape index (κ3) is 7.58. The van der Waals surface area contributed by atoms with Gasteiger partial charge in [0.25, 0.3) is 10.0 Å². The van der Waals surface area contributed by atoms with Gasteiger partial charge in [0.15, 0.2) is 0 Å². The highest BCUT2D eigenvalue weighted by Gasteiger charge is 2.34. The number of anilines is 1. The summed E-state index contributed by atoms with van der Waals surface area (Å²) in [6.07, 6.45) is 0. The molecule has 39 heavy (non-hydrogen) atoms. The van der Waals surface area contributed by atoms with Gasteiger partial charge < -0.3 is 10.2 Å². The number of carbonyl (C=O) groups excluding carboxylic acids is 2. The number of carbonyl (C=O) groups is 2. The van der Waals surface area contributed by atoms with E-state index in [9.17, 15) is 18.0 Å². The summed E-state index contributed by atoms with van der Waals surface area (Å²) >= 11 is 25.0. The lowest BCUT2D eigenvalue weighted by Crippen LogP contribution is -2.52. The summed E-state index contributed by atoms with van der Waals surface area (Å²) in [5.74, 6) is -1.08. The zero-order chi connectivity index (χ0) is 28.9. The van der Waals surface area contributed by atoms with Crippen molar-refractivity contribution in [3.8, 4) is 0 Å². The van der Waals surface area contributed by atoms with Crippen LogP contribution in [-0.4, -0.2) is 43.8 Å². The van der Waals surface area contributed by atoms with Gasteiger partial charge in [-0.2, -0.15) is 0 Å². The SMILES string of the molecule is CC(C)NC(=O)[C@@H](C)N(Cc1ccc(Cl)cc1Cl)C(=O)CN(c1cccc(Cl)c1Cl)S(=O)(=O)c1ccccc1. The van der Waals surface area contributed by atoms with Crippen molar-refractivity contribution in [3.05, 3.63) is 92.4 Å². The van der Waals surface area contributed by atoms with Crippen LogP contribution in [0.15, 0.2) is 71.6 Å². The average molecular weight is 631 g/mol. The van der Waals surface area contributed by atoms with E-state index in [1.54, 1.807) is 51.1 Å². The van der Waals surface area contributed by atoms with E-state index in [1.165, 1.54) is 41.3 Å². The molecule has 2 amide bonds. The second kappa shape index (κ2) is 13.2. The highest BCUT2D eigenvalue weighted by atomic mass is 35.5. The first-order valence-corrected chi connectivity index (χ1v) is 14.8. The zero-order valence-electron chi connectivity index (χ0n) is 21.4. The van der Waals surface area contributed by atoms with Crippen molar-refractivity contribution < 1.29 is 18.0 Å². The van der Waals surface area contributed by atoms with Crippen LogP contribution in [-0.2, 0) is 26.2 Å². The normalized spacial score (nSPS) is 12.2. The lowest BCUT2D eigenvalue weighted by atomic mass is 10.1. The van der Waals surface area contributed by atoms with Crippen molar-refractivity contribution in [2.24, 2.45) is 0 Å². The van der Waals surface area contributed by atoms with Gasteiger partial charge in [-0.1, -0.05) is 76.7 Å². The number of amides is 2. The van der Waals surface area contributed by atoms with Crippen molar-refractivity contribution in [1.82, 2.24) is 10.2 Å². The van der Waals surface area contributed by atoms with E-state index in [1.807, 2.05) is 0 Å². The molecule has 12 heteroatoms. The first-order chi connectivity index (χ1) is 18.3. The van der Waals surface area contributed by atoms with Crippen LogP contribution >= 0.6 is 46.4 Å². The van der Waals surface area contributed by atoms with Crippen molar-refractivity contribution in [2.75, 3.05) is 10.8 Å². The van der Waals surface area contributed by atoms with Crippen LogP contribution in [0.4, 0.5) is 5.69 Å². The maximum atomic E-state index is 13.9. The first kappa shape index (κ1) is 31.0. The summed E-state index contributed by atoms with van der Waals surface area (Å²) in [7, 11) is -4.27. The fraction of sp³-hybridized carbons (Fsp3) is 0.259. The van der Waals surface area contributed by atoms with Crippen LogP contribution in [0.3, 0.4) is 0 Å². The number of nitrogens with one attached hydrogen (secondary N) is 1. The average Bonchev–Trinajstić information content (AvgIpc) is 2.88. The maximum absolute atomic E-state index is 13.9. The summed E-state index contributed by atoms with van der Waals surface area (Å²) in [5, 5.41) is 3.57. The van der Waals surface area contributed by atoms with Crippen LogP contribution in [0.5, 0.6) is 0 Å². The monoisotopic (exact) mass is 629 g/mol. The quantitative estimate of drug-likeness (QED) is 0.279. The van der Waals surface area contributed by atoms with Crippen LogP contribution in [0.2, 0.25) is 20.1 Å². The maximum Gasteiger partial charge on any atom is 0.264 e. The second-order valence-electron chi connectivity index (χ2n) is 8.99. The number of rotatable bonds is 10. The Balaban J connectivity index is 2.09. The number of halogens is 4. The highest BCUT2D eigenvalue weighted by Crippen LogP contribution is 2.35. The molecule has 0 bridgehead atoms. The molecule has 3 aromatic rings. The van der Waals surface area contributed by atoms with Crippen LogP contribution in [0, 0.1) is 0 Å². The predicted molar refractivity (Wildman–Crippen MR) is 157 cm³/mol. The molecule has 0 unspecified atom stereocenters. The minimum Gasteiger partial charge on any atom is -0.352 e. The van der Waals surface area contributed by atoms with Gasteiger partial charge in [0.2, 0.25) is 11.8 Å². The Morgan fingerprint density at radius 2 is 1.54 bits per heavy atom. The molecular formula is C27H27Cl4N3O4S. The van der Waals surface area contributed by atoms with Gasteiger partial charge in [-0.15, -0.1) is 0 Å². The molecule has 0 fully saturated rings. The molecule has 0 spiro atoms. The van der Waals surface area contributed by atoms with Crippen molar-refractivity contribution in [2.45, 2.75) is 44.3 Å². The molecule has 0 aliphatic heterocycles. The van der Waals surface area contributed by atoms with Crippen LogP contribution < -0.4 is 9.62 Å². The van der Waals surface area contributed by atoms with E-state index in [4.69, 9.17) is 46.4 Å². The molecule has 0 saturated heterocycles. The Morgan fingerprint density at radius 1 is 0.872 bits per heavy atom. The van der Waals surface area contributed by atoms with Gasteiger partial charge in [0.1, 0.15) is 12.6 Å². The predicted octanol–water partition coefficient (Wildman–Crippen LogP) is 6.44. The number of benzene rings is 3. The minimum atomic E-state index is -4.27. The van der Waals surface area contributed by atoms with E-state index in [-0.39, 0.29) is 33.2 Å². The van der Waals surface area contributed by atoms with Crippen molar-refractivity contribution in [3.63, 3.8) is 0 Å². The largest absolute Gasteiger partial charge is 0.352 e. The molecule has 0 heterocycles. The standard InChI is InChI=1S/C27H27Cl4N3O4S/c1-17(2)32-27(36)18(3)33(15-19-12-13-20(28)14-23(19)30)25(35)16-34(24-11-7-10-22(29)26(24)31)39(37,38)21-8-5-4-6-9-21/h4-14,17-18H,15-16H2,1-3H3,(H,32,36)/t18-/m1/s1. The Morgan fingerprint density at radius 3 is 2.15 bits per heavy atom. The van der Waals surface area contributed by atoms with E-state index >= 15 is 0 Å². The van der Waals surface area contributed by atoms with Crippen molar-refractivity contribution >= 4 is 73.9 Å². The first-order valence-electron chi connectivity index (χ1n) is 11.9. The van der Waals surface area contributed by atoms with Crippen LogP contribution in [0.1, 0.15) is 26.3 Å². The van der Waals surface area contributed by atoms with Gasteiger partial charge >= 0.3 is 0 Å². The summed E-state index contributed by atoms with van der Waals surface area (Å²) in [4.78, 5) is 28.1. The number of sulfonamides is 1. The zero-order valence-corrected chi connectivity index (χ0v) is 25.2. The smallest absolute Gasteiger partial charge is 0.264 e. The second-order valence-corrected chi connectivity index (χ2v) is 12.5. The topological polar surface area (TPSA) is 86.8 Å². The van der Waals surface area contributed by atoms with Crippen molar-refractivity contribution in [1.29, 1.82) is 0 Å². The van der Waals surface area contributed by atoms with Gasteiger partial charge in [-0.3, -0.25) is 13.9 Å². The molecule has 0 aliphatic carbocycles. The van der Waals surface area contributed by atoms with Gasteiger partial charge in [0, 0.05) is 22.6 Å². The molecule has 0 radical (unpaired) electrons. The lowest BCUT2D eigenvalue weighted by Gasteiger charge is -2.32. The Hall–Kier alpha value is -2.49. The summed E-state index contributed by atoms with van der Waals surface area (Å²) in [6.45, 7) is 4.40. The highest BCUT2D eigenvalue weighted by molar-refractivity contribution is 7.92. The van der Waals surface area contributed by atoms with E-state index < -0.39 is 34.4 Å². The van der Waals surface area contributed by atoms with E-state index in [0.717, 1.165) is 4.31 Å². The molecular weight excluding hydrogens is 604 g/mol. The molecule has 3 aromatic carbocycles. The number of hydrogen-bond donors (Lipinski definition) is 1. The number of nitrogens with zero attached hydrogens (tertiary/aromatic N) is 2. The van der Waals surface area contributed by atoms with E-state index in [2.05, 4.69) is 5.32 Å². The minimum absolute atomic E-state index is 0.0186. The molecule has 1 atom stereocenters. The van der Waals surface area contributed by atoms with Gasteiger partial charge in [-0.05, 0) is 62.7 Å². The molecule has 208 valence electrons. The fourth-order valence-corrected chi connectivity index (χ4v) is 6.10. The van der Waals surface area contributed by atoms with Gasteiger partial charge in [0.05, 0.1) is 20.6 Å². The molecule has 0 aromatic heterocycles. The molecule has 0 aliphatic rings. The molecule has 7 nitrogen and oxygen atoms in total. The van der Waals surface area contributed by atoms with E-state index in [0.29, 0.717) is 15.6 Å². The third-order valence-electron chi connectivity index (χ3n) is 5.76. The summed E-state index contributed by atoms with van der Waals surface area (Å²) < 4.78 is 28.5. The summed E-state index contributed by atoms with van der Waals surface area (Å²) in [5.41, 5.74) is 0.544.